The highest BCUT2D eigenvalue weighted by molar-refractivity contribution is 5.64. The number of nitrogens with zero attached hydrogens (tertiary/aromatic N) is 2. The first-order chi connectivity index (χ1) is 14.6. The lowest BCUT2D eigenvalue weighted by molar-refractivity contribution is -0.154. The summed E-state index contributed by atoms with van der Waals surface area (Å²) in [7, 11) is 0. The monoisotopic (exact) mass is 410 g/mol. The molecule has 0 unspecified atom stereocenters. The summed E-state index contributed by atoms with van der Waals surface area (Å²) in [6.07, 6.45) is 4.82. The summed E-state index contributed by atoms with van der Waals surface area (Å²) in [4.78, 5) is 2.43. The van der Waals surface area contributed by atoms with Crippen molar-refractivity contribution in [3.8, 4) is 11.1 Å². The van der Waals surface area contributed by atoms with Gasteiger partial charge in [-0.25, -0.2) is 0 Å². The van der Waals surface area contributed by atoms with Crippen LogP contribution in [0.1, 0.15) is 43.2 Å². The maximum absolute atomic E-state index is 10.7. The summed E-state index contributed by atoms with van der Waals surface area (Å²) < 4.78 is 5.42. The van der Waals surface area contributed by atoms with Gasteiger partial charge < -0.3 is 15.1 Å². The van der Waals surface area contributed by atoms with Crippen LogP contribution < -0.4 is 0 Å². The van der Waals surface area contributed by atoms with Crippen molar-refractivity contribution < 1.29 is 15.1 Å². The highest BCUT2D eigenvalue weighted by Gasteiger charge is 2.31. The normalized spacial score (nSPS) is 19.8. The number of morpholine rings is 1. The van der Waals surface area contributed by atoms with Crippen molar-refractivity contribution in [1.29, 1.82) is 0 Å². The molecule has 1 aliphatic heterocycles. The highest BCUT2D eigenvalue weighted by Crippen LogP contribution is 2.29. The summed E-state index contributed by atoms with van der Waals surface area (Å²) in [6, 6.07) is 17.1. The van der Waals surface area contributed by atoms with E-state index in [2.05, 4.69) is 41.3 Å². The summed E-state index contributed by atoms with van der Waals surface area (Å²) in [5, 5.41) is 22.4. The van der Waals surface area contributed by atoms with E-state index in [0.29, 0.717) is 13.1 Å². The minimum atomic E-state index is -0.749. The van der Waals surface area contributed by atoms with Gasteiger partial charge in [-0.2, -0.15) is 5.06 Å². The molecule has 0 bridgehead atoms. The van der Waals surface area contributed by atoms with Gasteiger partial charge in [0.15, 0.2) is 0 Å². The summed E-state index contributed by atoms with van der Waals surface area (Å²) >= 11 is 0. The molecule has 1 heterocycles. The number of hydroxylamine groups is 2. The van der Waals surface area contributed by atoms with Gasteiger partial charge in [0.1, 0.15) is 0 Å². The fraction of sp³-hybridized carbons (Fsp3) is 0.520. The molecule has 2 fully saturated rings. The zero-order valence-corrected chi connectivity index (χ0v) is 17.8. The molecular weight excluding hydrogens is 376 g/mol. The van der Waals surface area contributed by atoms with Crippen LogP contribution in [0.2, 0.25) is 0 Å². The molecule has 1 saturated carbocycles. The quantitative estimate of drug-likeness (QED) is 0.674. The Morgan fingerprint density at radius 3 is 2.37 bits per heavy atom. The van der Waals surface area contributed by atoms with E-state index in [4.69, 9.17) is 4.74 Å². The molecule has 2 N–H and O–H groups in total. The molecule has 1 aliphatic carbocycles. The van der Waals surface area contributed by atoms with Crippen LogP contribution in [0.15, 0.2) is 48.5 Å². The zero-order valence-electron chi connectivity index (χ0n) is 17.8. The van der Waals surface area contributed by atoms with Crippen LogP contribution in [0.25, 0.3) is 11.1 Å². The number of ether oxygens (including phenoxy) is 1. The van der Waals surface area contributed by atoms with Crippen LogP contribution in [0, 0.1) is 0 Å². The van der Waals surface area contributed by atoms with Gasteiger partial charge in [-0.3, -0.25) is 4.90 Å². The first-order valence-corrected chi connectivity index (χ1v) is 11.2. The smallest absolute Gasteiger partial charge is 0.0797 e. The minimum Gasteiger partial charge on any atom is -0.388 e. The van der Waals surface area contributed by atoms with Crippen molar-refractivity contribution in [2.45, 2.75) is 50.8 Å². The number of aliphatic hydroxyl groups is 1. The Balaban J connectivity index is 1.36. The average molecular weight is 411 g/mol. The predicted octanol–water partition coefficient (Wildman–Crippen LogP) is 4.07. The van der Waals surface area contributed by atoms with Gasteiger partial charge in [-0.1, -0.05) is 61.7 Å². The second kappa shape index (κ2) is 10.0. The third-order valence-corrected chi connectivity index (χ3v) is 6.35. The summed E-state index contributed by atoms with van der Waals surface area (Å²) in [5.74, 6) is 0. The molecule has 0 amide bonds. The zero-order chi connectivity index (χ0) is 20.8. The Morgan fingerprint density at radius 1 is 0.900 bits per heavy atom. The Hall–Kier alpha value is -1.76. The predicted molar refractivity (Wildman–Crippen MR) is 118 cm³/mol. The number of rotatable bonds is 7. The number of hydrogen-bond donors (Lipinski definition) is 2. The van der Waals surface area contributed by atoms with Crippen molar-refractivity contribution >= 4 is 0 Å². The molecule has 2 aromatic rings. The summed E-state index contributed by atoms with van der Waals surface area (Å²) in [6.45, 7) is 5.34. The van der Waals surface area contributed by atoms with E-state index in [1.165, 1.54) is 22.6 Å². The lowest BCUT2D eigenvalue weighted by atomic mass is 9.85. The molecule has 0 radical (unpaired) electrons. The summed E-state index contributed by atoms with van der Waals surface area (Å²) in [5.41, 5.74) is 3.94. The van der Waals surface area contributed by atoms with Gasteiger partial charge in [0.05, 0.1) is 25.4 Å². The molecule has 2 aliphatic rings. The maximum atomic E-state index is 10.7. The Kier molecular flexibility index (Phi) is 7.18. The maximum Gasteiger partial charge on any atom is 0.0797 e. The van der Waals surface area contributed by atoms with E-state index in [0.717, 1.165) is 69.7 Å². The fourth-order valence-corrected chi connectivity index (χ4v) is 4.64. The standard InChI is InChI=1S/C25H34N2O3/c28-25(11-2-1-3-12-25)20-27(29)19-22-5-4-6-24(17-22)23-9-7-21(8-10-23)18-26-13-15-30-16-14-26/h4-10,17,28-29H,1-3,11-16,18-20H2. The van der Waals surface area contributed by atoms with Crippen molar-refractivity contribution in [1.82, 2.24) is 9.96 Å². The van der Waals surface area contributed by atoms with E-state index in [9.17, 15) is 10.3 Å². The molecule has 4 rings (SSSR count). The Bertz CT molecular complexity index is 796. The van der Waals surface area contributed by atoms with E-state index in [1.807, 2.05) is 12.1 Å². The highest BCUT2D eigenvalue weighted by atomic mass is 16.5. The first-order valence-electron chi connectivity index (χ1n) is 11.2. The van der Waals surface area contributed by atoms with Crippen LogP contribution in [-0.2, 0) is 17.8 Å². The van der Waals surface area contributed by atoms with Gasteiger partial charge in [0, 0.05) is 26.2 Å². The van der Waals surface area contributed by atoms with Gasteiger partial charge >= 0.3 is 0 Å². The molecule has 5 nitrogen and oxygen atoms in total. The lowest BCUT2D eigenvalue weighted by Crippen LogP contribution is -2.42. The fourth-order valence-electron chi connectivity index (χ4n) is 4.64. The molecular formula is C25H34N2O3. The van der Waals surface area contributed by atoms with Crippen molar-refractivity contribution in [2.24, 2.45) is 0 Å². The van der Waals surface area contributed by atoms with Crippen LogP contribution in [-0.4, -0.2) is 58.7 Å². The van der Waals surface area contributed by atoms with E-state index in [-0.39, 0.29) is 0 Å². The van der Waals surface area contributed by atoms with E-state index in [1.54, 1.807) is 0 Å². The second-order valence-corrected chi connectivity index (χ2v) is 8.89. The largest absolute Gasteiger partial charge is 0.388 e. The number of hydrogen-bond acceptors (Lipinski definition) is 5. The van der Waals surface area contributed by atoms with Crippen LogP contribution in [0.5, 0.6) is 0 Å². The molecule has 30 heavy (non-hydrogen) atoms. The van der Waals surface area contributed by atoms with E-state index >= 15 is 0 Å². The van der Waals surface area contributed by atoms with Crippen molar-refractivity contribution in [3.05, 3.63) is 59.7 Å². The van der Waals surface area contributed by atoms with Crippen LogP contribution >= 0.6 is 0 Å². The molecule has 0 spiro atoms. The van der Waals surface area contributed by atoms with Gasteiger partial charge in [-0.15, -0.1) is 0 Å². The molecule has 2 aromatic carbocycles. The average Bonchev–Trinajstić information content (AvgIpc) is 2.75. The SMILES string of the molecule is ON(Cc1cccc(-c2ccc(CN3CCOCC3)cc2)c1)CC1(O)CCCCC1. The topological polar surface area (TPSA) is 56.2 Å². The van der Waals surface area contributed by atoms with Gasteiger partial charge in [0.2, 0.25) is 0 Å². The molecule has 1 saturated heterocycles. The van der Waals surface area contributed by atoms with Crippen LogP contribution in [0.3, 0.4) is 0 Å². The Morgan fingerprint density at radius 2 is 1.63 bits per heavy atom. The van der Waals surface area contributed by atoms with Crippen molar-refractivity contribution in [3.63, 3.8) is 0 Å². The molecule has 0 aromatic heterocycles. The van der Waals surface area contributed by atoms with E-state index < -0.39 is 5.60 Å². The minimum absolute atomic E-state index is 0.313. The van der Waals surface area contributed by atoms with Crippen molar-refractivity contribution in [2.75, 3.05) is 32.8 Å². The van der Waals surface area contributed by atoms with Gasteiger partial charge in [-0.05, 0) is 41.2 Å². The molecule has 162 valence electrons. The van der Waals surface area contributed by atoms with Crippen LogP contribution in [0.4, 0.5) is 0 Å². The Labute approximate surface area is 179 Å². The first kappa shape index (κ1) is 21.5. The van der Waals surface area contributed by atoms with Gasteiger partial charge in [0.25, 0.3) is 0 Å². The molecule has 0 atom stereocenters. The second-order valence-electron chi connectivity index (χ2n) is 8.89. The lowest BCUT2D eigenvalue weighted by Gasteiger charge is -2.34. The third kappa shape index (κ3) is 5.90. The third-order valence-electron chi connectivity index (χ3n) is 6.35. The number of benzene rings is 2. The molecule has 5 heteroatoms.